The molecule has 19 heavy (non-hydrogen) atoms. The Balaban J connectivity index is 1.76. The van der Waals surface area contributed by atoms with Crippen molar-refractivity contribution in [2.24, 2.45) is 0 Å². The van der Waals surface area contributed by atoms with E-state index in [2.05, 4.69) is 17.2 Å². The Bertz CT molecular complexity index is 494. The molecule has 0 radical (unpaired) electrons. The monoisotopic (exact) mass is 261 g/mol. The molecule has 0 aliphatic heterocycles. The molecule has 0 amide bonds. The number of methoxy groups -OCH3 is 1. The van der Waals surface area contributed by atoms with Gasteiger partial charge in [0.2, 0.25) is 0 Å². The van der Waals surface area contributed by atoms with Crippen molar-refractivity contribution < 1.29 is 9.47 Å². The number of hydrogen-bond donors (Lipinski definition) is 1. The molecule has 0 unspecified atom stereocenters. The molecule has 2 N–H and O–H groups in total. The van der Waals surface area contributed by atoms with Gasteiger partial charge in [-0.05, 0) is 30.2 Å². The van der Waals surface area contributed by atoms with Crippen molar-refractivity contribution in [2.45, 2.75) is 13.0 Å². The molecular formula is C14H19N3O2. The summed E-state index contributed by atoms with van der Waals surface area (Å²) in [5.74, 6) is 1.39. The smallest absolute Gasteiger partial charge is 0.145 e. The number of nitrogens with zero attached hydrogens (tertiary/aromatic N) is 2. The van der Waals surface area contributed by atoms with Crippen LogP contribution in [0.15, 0.2) is 36.5 Å². The van der Waals surface area contributed by atoms with Crippen LogP contribution in [0.25, 0.3) is 0 Å². The molecular weight excluding hydrogens is 242 g/mol. The Labute approximate surface area is 112 Å². The van der Waals surface area contributed by atoms with E-state index in [1.54, 1.807) is 17.9 Å². The fraction of sp³-hybridized carbons (Fsp3) is 0.357. The summed E-state index contributed by atoms with van der Waals surface area (Å²) in [6, 6.07) is 9.83. The second-order valence-electron chi connectivity index (χ2n) is 4.24. The van der Waals surface area contributed by atoms with Crippen LogP contribution < -0.4 is 10.5 Å². The molecule has 5 heteroatoms. The zero-order valence-corrected chi connectivity index (χ0v) is 11.1. The lowest BCUT2D eigenvalue weighted by molar-refractivity contribution is 0.202. The van der Waals surface area contributed by atoms with Gasteiger partial charge in [0, 0.05) is 13.3 Å². The van der Waals surface area contributed by atoms with Gasteiger partial charge in [-0.1, -0.05) is 12.1 Å². The van der Waals surface area contributed by atoms with Gasteiger partial charge in [0.05, 0.1) is 13.2 Å². The number of ether oxygens (including phenoxy) is 2. The van der Waals surface area contributed by atoms with E-state index in [9.17, 15) is 0 Å². The Morgan fingerprint density at radius 1 is 1.16 bits per heavy atom. The van der Waals surface area contributed by atoms with Crippen LogP contribution in [0.4, 0.5) is 5.82 Å². The Morgan fingerprint density at radius 3 is 2.58 bits per heavy atom. The molecule has 0 aliphatic rings. The third-order valence-electron chi connectivity index (χ3n) is 2.77. The molecule has 1 aromatic heterocycles. The summed E-state index contributed by atoms with van der Waals surface area (Å²) in [5, 5.41) is 4.09. The van der Waals surface area contributed by atoms with Crippen molar-refractivity contribution >= 4 is 5.82 Å². The molecule has 5 nitrogen and oxygen atoms in total. The van der Waals surface area contributed by atoms with Crippen molar-refractivity contribution in [3.8, 4) is 5.75 Å². The van der Waals surface area contributed by atoms with Gasteiger partial charge < -0.3 is 15.2 Å². The summed E-state index contributed by atoms with van der Waals surface area (Å²) in [6.45, 7) is 1.99. The highest BCUT2D eigenvalue weighted by molar-refractivity contribution is 5.27. The number of benzene rings is 1. The van der Waals surface area contributed by atoms with Crippen LogP contribution in [-0.2, 0) is 17.7 Å². The minimum Gasteiger partial charge on any atom is -0.492 e. The number of hydrogen-bond acceptors (Lipinski definition) is 4. The van der Waals surface area contributed by atoms with Crippen molar-refractivity contribution in [3.63, 3.8) is 0 Å². The molecule has 1 aromatic carbocycles. The average molecular weight is 261 g/mol. The maximum absolute atomic E-state index is 5.65. The standard InChI is InChI=1S/C14H19N3O2/c1-18-10-7-12-2-4-13(5-3-12)19-11-9-17-8-6-14(15)16-17/h2-6,8H,7,9-11H2,1H3,(H2,15,16). The van der Waals surface area contributed by atoms with Gasteiger partial charge in [-0.25, -0.2) is 0 Å². The van der Waals surface area contributed by atoms with E-state index >= 15 is 0 Å². The zero-order valence-electron chi connectivity index (χ0n) is 11.1. The summed E-state index contributed by atoms with van der Waals surface area (Å²) in [5.41, 5.74) is 6.78. The molecule has 0 bridgehead atoms. The summed E-state index contributed by atoms with van der Waals surface area (Å²) in [6.07, 6.45) is 2.76. The number of anilines is 1. The van der Waals surface area contributed by atoms with Crippen LogP contribution in [0, 0.1) is 0 Å². The molecule has 0 aliphatic carbocycles. The zero-order chi connectivity index (χ0) is 13.5. The third-order valence-corrected chi connectivity index (χ3v) is 2.77. The lowest BCUT2D eigenvalue weighted by atomic mass is 10.1. The largest absolute Gasteiger partial charge is 0.492 e. The third kappa shape index (κ3) is 4.30. The predicted molar refractivity (Wildman–Crippen MR) is 74.2 cm³/mol. The summed E-state index contributed by atoms with van der Waals surface area (Å²) in [4.78, 5) is 0. The van der Waals surface area contributed by atoms with E-state index in [1.165, 1.54) is 5.56 Å². The number of rotatable bonds is 7. The van der Waals surface area contributed by atoms with Gasteiger partial charge >= 0.3 is 0 Å². The van der Waals surface area contributed by atoms with E-state index in [-0.39, 0.29) is 0 Å². The summed E-state index contributed by atoms with van der Waals surface area (Å²) >= 11 is 0. The van der Waals surface area contributed by atoms with Gasteiger partial charge in [0.1, 0.15) is 18.2 Å². The lowest BCUT2D eigenvalue weighted by Gasteiger charge is -2.07. The van der Waals surface area contributed by atoms with E-state index in [1.807, 2.05) is 18.3 Å². The minimum absolute atomic E-state index is 0.530. The predicted octanol–water partition coefficient (Wildman–Crippen LogP) is 1.73. The van der Waals surface area contributed by atoms with Crippen LogP contribution in [-0.4, -0.2) is 30.1 Å². The lowest BCUT2D eigenvalue weighted by Crippen LogP contribution is -2.09. The highest BCUT2D eigenvalue weighted by Crippen LogP contribution is 2.12. The number of aromatic nitrogens is 2. The highest BCUT2D eigenvalue weighted by atomic mass is 16.5. The van der Waals surface area contributed by atoms with Crippen LogP contribution >= 0.6 is 0 Å². The van der Waals surface area contributed by atoms with E-state index < -0.39 is 0 Å². The first-order valence-corrected chi connectivity index (χ1v) is 6.27. The second kappa shape index (κ2) is 6.80. The Hall–Kier alpha value is -2.01. The molecule has 102 valence electrons. The van der Waals surface area contributed by atoms with Gasteiger partial charge in [-0.2, -0.15) is 5.10 Å². The Kier molecular flexibility index (Phi) is 4.80. The van der Waals surface area contributed by atoms with Crippen molar-refractivity contribution in [1.82, 2.24) is 9.78 Å². The quantitative estimate of drug-likeness (QED) is 0.824. The number of nitrogen functional groups attached to an aromatic ring is 1. The SMILES string of the molecule is COCCc1ccc(OCCn2ccc(N)n2)cc1. The van der Waals surface area contributed by atoms with Gasteiger partial charge in [-0.3, -0.25) is 4.68 Å². The molecule has 0 saturated carbocycles. The molecule has 0 saturated heterocycles. The fourth-order valence-electron chi connectivity index (χ4n) is 1.73. The molecule has 0 fully saturated rings. The topological polar surface area (TPSA) is 62.3 Å². The van der Waals surface area contributed by atoms with Gasteiger partial charge in [0.15, 0.2) is 0 Å². The van der Waals surface area contributed by atoms with E-state index in [0.717, 1.165) is 18.8 Å². The number of nitrogens with two attached hydrogens (primary N) is 1. The highest BCUT2D eigenvalue weighted by Gasteiger charge is 1.98. The van der Waals surface area contributed by atoms with Gasteiger partial charge in [-0.15, -0.1) is 0 Å². The summed E-state index contributed by atoms with van der Waals surface area (Å²) < 4.78 is 12.5. The van der Waals surface area contributed by atoms with Crippen molar-refractivity contribution in [3.05, 3.63) is 42.1 Å². The van der Waals surface area contributed by atoms with Crippen LogP contribution in [0.3, 0.4) is 0 Å². The normalized spacial score (nSPS) is 10.6. The van der Waals surface area contributed by atoms with Gasteiger partial charge in [0.25, 0.3) is 0 Å². The minimum atomic E-state index is 0.530. The molecule has 0 spiro atoms. The van der Waals surface area contributed by atoms with Crippen LogP contribution in [0.1, 0.15) is 5.56 Å². The fourth-order valence-corrected chi connectivity index (χ4v) is 1.73. The maximum atomic E-state index is 5.65. The molecule has 2 aromatic rings. The first-order valence-electron chi connectivity index (χ1n) is 6.27. The van der Waals surface area contributed by atoms with Crippen LogP contribution in [0.2, 0.25) is 0 Å². The summed E-state index contributed by atoms with van der Waals surface area (Å²) in [7, 11) is 1.71. The molecule has 0 atom stereocenters. The van der Waals surface area contributed by atoms with E-state index in [4.69, 9.17) is 15.2 Å². The first kappa shape index (κ1) is 13.4. The Morgan fingerprint density at radius 2 is 1.95 bits per heavy atom. The molecule has 2 rings (SSSR count). The van der Waals surface area contributed by atoms with Crippen molar-refractivity contribution in [2.75, 3.05) is 26.1 Å². The van der Waals surface area contributed by atoms with Crippen molar-refractivity contribution in [1.29, 1.82) is 0 Å². The first-order chi connectivity index (χ1) is 9.28. The molecule has 1 heterocycles. The van der Waals surface area contributed by atoms with E-state index in [0.29, 0.717) is 19.0 Å². The maximum Gasteiger partial charge on any atom is 0.145 e. The van der Waals surface area contributed by atoms with Crippen LogP contribution in [0.5, 0.6) is 5.75 Å². The average Bonchev–Trinajstić information content (AvgIpc) is 2.84. The second-order valence-corrected chi connectivity index (χ2v) is 4.24.